The molecule has 2 aromatic carbocycles. The number of anilines is 2. The van der Waals surface area contributed by atoms with Gasteiger partial charge in [0.25, 0.3) is 5.91 Å². The quantitative estimate of drug-likeness (QED) is 0.583. The number of methoxy groups -OCH3 is 1. The second-order valence-electron chi connectivity index (χ2n) is 7.43. The molecule has 1 heterocycles. The van der Waals surface area contributed by atoms with Crippen molar-refractivity contribution in [1.29, 1.82) is 0 Å². The second kappa shape index (κ2) is 8.43. The van der Waals surface area contributed by atoms with Gasteiger partial charge >= 0.3 is 0 Å². The number of carbonyl (C=O) groups is 1. The van der Waals surface area contributed by atoms with Crippen LogP contribution in [0.15, 0.2) is 48.5 Å². The summed E-state index contributed by atoms with van der Waals surface area (Å²) >= 11 is 5.82. The van der Waals surface area contributed by atoms with Crippen LogP contribution < -0.4 is 15.8 Å². The Bertz CT molecular complexity index is 1170. The molecule has 160 valence electrons. The minimum absolute atomic E-state index is 0.0713. The van der Waals surface area contributed by atoms with Gasteiger partial charge in [0.2, 0.25) is 0 Å². The zero-order valence-electron chi connectivity index (χ0n) is 17.2. The molecule has 31 heavy (non-hydrogen) atoms. The van der Waals surface area contributed by atoms with Gasteiger partial charge < -0.3 is 15.8 Å². The molecule has 0 saturated heterocycles. The topological polar surface area (TPSA) is 82.2 Å². The van der Waals surface area contributed by atoms with Gasteiger partial charge in [0, 0.05) is 18.7 Å². The maximum atomic E-state index is 13.4. The molecular weight excluding hydrogens is 419 g/mol. The highest BCUT2D eigenvalue weighted by Gasteiger charge is 2.27. The average molecular weight is 441 g/mol. The Morgan fingerprint density at radius 3 is 2.71 bits per heavy atom. The van der Waals surface area contributed by atoms with Crippen LogP contribution in [-0.4, -0.2) is 22.8 Å². The molecule has 3 aromatic rings. The van der Waals surface area contributed by atoms with E-state index < -0.39 is 11.7 Å². The molecule has 0 aliphatic heterocycles. The lowest BCUT2D eigenvalue weighted by molar-refractivity contribution is 0.102. The molecule has 1 amide bonds. The van der Waals surface area contributed by atoms with E-state index in [-0.39, 0.29) is 16.8 Å². The Labute approximate surface area is 184 Å². The molecule has 0 radical (unpaired) electrons. The van der Waals surface area contributed by atoms with E-state index in [1.807, 2.05) is 24.3 Å². The number of aryl methyl sites for hydroxylation is 1. The van der Waals surface area contributed by atoms with E-state index in [1.54, 1.807) is 14.2 Å². The standard InChI is InChI=1S/C23H22ClFN4O2/c1-29-22(26)20(23(30)27-16-7-10-19(25)18(24)12-16)21(28-29)15-4-3-14(11-15)13-5-8-17(31-2)9-6-13/h5-12,14H,3-4,26H2,1-2H3,(H,27,30)/t14-/m0/s1. The highest BCUT2D eigenvalue weighted by Crippen LogP contribution is 2.39. The number of nitrogen functional groups attached to an aromatic ring is 1. The summed E-state index contributed by atoms with van der Waals surface area (Å²) < 4.78 is 20.1. The highest BCUT2D eigenvalue weighted by atomic mass is 35.5. The molecule has 8 heteroatoms. The van der Waals surface area contributed by atoms with Gasteiger partial charge in [-0.1, -0.05) is 29.8 Å². The molecule has 3 N–H and O–H groups in total. The second-order valence-corrected chi connectivity index (χ2v) is 7.83. The number of allylic oxidation sites excluding steroid dienone is 2. The van der Waals surface area contributed by atoms with Crippen LogP contribution in [0.3, 0.4) is 0 Å². The van der Waals surface area contributed by atoms with E-state index in [2.05, 4.69) is 16.5 Å². The summed E-state index contributed by atoms with van der Waals surface area (Å²) in [5, 5.41) is 7.16. The van der Waals surface area contributed by atoms with E-state index in [1.165, 1.54) is 28.4 Å². The average Bonchev–Trinajstić information content (AvgIpc) is 3.36. The van der Waals surface area contributed by atoms with E-state index >= 15 is 0 Å². The molecular formula is C23H22ClFN4O2. The molecule has 0 unspecified atom stereocenters. The summed E-state index contributed by atoms with van der Waals surface area (Å²) in [5.74, 6) is 0.313. The van der Waals surface area contributed by atoms with Crippen molar-refractivity contribution in [2.45, 2.75) is 18.8 Å². The number of halogens is 2. The molecule has 1 atom stereocenters. The number of nitrogens with one attached hydrogen (secondary N) is 1. The van der Waals surface area contributed by atoms with Gasteiger partial charge in [0.15, 0.2) is 0 Å². The van der Waals surface area contributed by atoms with E-state index in [0.29, 0.717) is 16.9 Å². The number of hydrogen-bond donors (Lipinski definition) is 2. The van der Waals surface area contributed by atoms with Crippen molar-refractivity contribution in [2.24, 2.45) is 7.05 Å². The van der Waals surface area contributed by atoms with Gasteiger partial charge in [-0.15, -0.1) is 0 Å². The number of nitrogens with zero attached hydrogens (tertiary/aromatic N) is 2. The maximum absolute atomic E-state index is 13.4. The predicted molar refractivity (Wildman–Crippen MR) is 120 cm³/mol. The summed E-state index contributed by atoms with van der Waals surface area (Å²) in [5.41, 5.74) is 9.54. The first kappa shape index (κ1) is 20.9. The van der Waals surface area contributed by atoms with E-state index in [9.17, 15) is 9.18 Å². The summed E-state index contributed by atoms with van der Waals surface area (Å²) in [7, 11) is 3.33. The van der Waals surface area contributed by atoms with Crippen molar-refractivity contribution in [3.63, 3.8) is 0 Å². The SMILES string of the molecule is COc1ccc([C@@H]2C=C(c3nn(C)c(N)c3C(=O)Nc3ccc(F)c(Cl)c3)CC2)cc1. The fourth-order valence-electron chi connectivity index (χ4n) is 3.78. The van der Waals surface area contributed by atoms with E-state index in [4.69, 9.17) is 22.1 Å². The normalized spacial score (nSPS) is 15.6. The number of hydrogen-bond acceptors (Lipinski definition) is 4. The maximum Gasteiger partial charge on any atom is 0.261 e. The van der Waals surface area contributed by atoms with Crippen molar-refractivity contribution >= 4 is 34.6 Å². The zero-order chi connectivity index (χ0) is 22.1. The van der Waals surface area contributed by atoms with Crippen LogP contribution in [0, 0.1) is 5.82 Å². The van der Waals surface area contributed by atoms with E-state index in [0.717, 1.165) is 24.2 Å². The lowest BCUT2D eigenvalue weighted by atomic mass is 9.99. The van der Waals surface area contributed by atoms with Crippen LogP contribution in [0.25, 0.3) is 5.57 Å². The fraction of sp³-hybridized carbons (Fsp3) is 0.217. The van der Waals surface area contributed by atoms with Crippen LogP contribution in [0.1, 0.15) is 40.4 Å². The minimum Gasteiger partial charge on any atom is -0.497 e. The first-order chi connectivity index (χ1) is 14.9. The van der Waals surface area contributed by atoms with Crippen LogP contribution in [0.4, 0.5) is 15.9 Å². The summed E-state index contributed by atoms with van der Waals surface area (Å²) in [6.45, 7) is 0. The number of amides is 1. The summed E-state index contributed by atoms with van der Waals surface area (Å²) in [6, 6.07) is 12.0. The highest BCUT2D eigenvalue weighted by molar-refractivity contribution is 6.31. The smallest absolute Gasteiger partial charge is 0.261 e. The van der Waals surface area contributed by atoms with Crippen molar-refractivity contribution in [3.8, 4) is 5.75 Å². The molecule has 0 bridgehead atoms. The zero-order valence-corrected chi connectivity index (χ0v) is 17.9. The number of rotatable bonds is 5. The third-order valence-corrected chi connectivity index (χ3v) is 5.76. The Morgan fingerprint density at radius 2 is 2.03 bits per heavy atom. The Kier molecular flexibility index (Phi) is 5.69. The summed E-state index contributed by atoms with van der Waals surface area (Å²) in [6.07, 6.45) is 3.82. The first-order valence-corrected chi connectivity index (χ1v) is 10.2. The van der Waals surface area contributed by atoms with Gasteiger partial charge in [-0.25, -0.2) is 4.39 Å². The Balaban J connectivity index is 1.62. The number of aromatic nitrogens is 2. The molecule has 1 aliphatic carbocycles. The van der Waals surface area contributed by atoms with Crippen molar-refractivity contribution in [3.05, 3.63) is 76.2 Å². The van der Waals surface area contributed by atoms with Crippen molar-refractivity contribution in [1.82, 2.24) is 9.78 Å². The third-order valence-electron chi connectivity index (χ3n) is 5.47. The monoisotopic (exact) mass is 440 g/mol. The number of benzene rings is 2. The molecule has 0 saturated carbocycles. The number of nitrogens with two attached hydrogens (primary N) is 1. The molecule has 4 rings (SSSR count). The van der Waals surface area contributed by atoms with Crippen molar-refractivity contribution < 1.29 is 13.9 Å². The van der Waals surface area contributed by atoms with Gasteiger partial charge in [0.05, 0.1) is 12.1 Å². The minimum atomic E-state index is -0.554. The molecule has 0 spiro atoms. The molecule has 6 nitrogen and oxygen atoms in total. The molecule has 0 fully saturated rings. The Hall–Kier alpha value is -3.32. The predicted octanol–water partition coefficient (Wildman–Crippen LogP) is 5.02. The van der Waals surface area contributed by atoms with Crippen LogP contribution in [0.5, 0.6) is 5.75 Å². The Morgan fingerprint density at radius 1 is 1.29 bits per heavy atom. The lowest BCUT2D eigenvalue weighted by Crippen LogP contribution is -2.15. The molecule has 1 aromatic heterocycles. The van der Waals surface area contributed by atoms with Crippen molar-refractivity contribution in [2.75, 3.05) is 18.2 Å². The van der Waals surface area contributed by atoms with Crippen LogP contribution in [0.2, 0.25) is 5.02 Å². The van der Waals surface area contributed by atoms with Gasteiger partial charge in [-0.3, -0.25) is 9.48 Å². The lowest BCUT2D eigenvalue weighted by Gasteiger charge is -2.08. The largest absolute Gasteiger partial charge is 0.497 e. The van der Waals surface area contributed by atoms with Gasteiger partial charge in [-0.05, 0) is 54.3 Å². The number of carbonyl (C=O) groups excluding carboxylic acids is 1. The van der Waals surface area contributed by atoms with Gasteiger partial charge in [-0.2, -0.15) is 5.10 Å². The van der Waals surface area contributed by atoms with Gasteiger partial charge in [0.1, 0.15) is 28.6 Å². The van der Waals surface area contributed by atoms with Crippen LogP contribution >= 0.6 is 11.6 Å². The third kappa shape index (κ3) is 4.14. The van der Waals surface area contributed by atoms with Crippen LogP contribution in [-0.2, 0) is 7.05 Å². The molecule has 1 aliphatic rings. The summed E-state index contributed by atoms with van der Waals surface area (Å²) in [4.78, 5) is 13.0. The first-order valence-electron chi connectivity index (χ1n) is 9.81. The fourth-order valence-corrected chi connectivity index (χ4v) is 3.97. The number of ether oxygens (including phenoxy) is 1.